The fourth-order valence-electron chi connectivity index (χ4n) is 1.82. The first kappa shape index (κ1) is 10.6. The molecule has 0 fully saturated rings. The molecule has 3 aromatic rings. The van der Waals surface area contributed by atoms with Gasteiger partial charge in [-0.15, -0.1) is 0 Å². The standard InChI is InChI=1S/C12H12N6/c1-8-3-5-13-12(16-8)18-9(2)10(7-15-18)11-4-6-14-17-11/h3-7H,1-2H3,(H,14,17). The van der Waals surface area contributed by atoms with Crippen LogP contribution in [0.15, 0.2) is 30.7 Å². The van der Waals surface area contributed by atoms with Gasteiger partial charge in [0.2, 0.25) is 0 Å². The van der Waals surface area contributed by atoms with Crippen molar-refractivity contribution >= 4 is 0 Å². The lowest BCUT2D eigenvalue weighted by molar-refractivity contribution is 0.777. The van der Waals surface area contributed by atoms with E-state index in [0.717, 1.165) is 22.6 Å². The molecule has 0 aliphatic rings. The van der Waals surface area contributed by atoms with Crippen LogP contribution < -0.4 is 0 Å². The molecule has 0 spiro atoms. The van der Waals surface area contributed by atoms with E-state index in [1.165, 1.54) is 0 Å². The van der Waals surface area contributed by atoms with Gasteiger partial charge in [0, 0.05) is 23.7 Å². The fourth-order valence-corrected chi connectivity index (χ4v) is 1.82. The predicted molar refractivity (Wildman–Crippen MR) is 66.2 cm³/mol. The lowest BCUT2D eigenvalue weighted by Gasteiger charge is -2.03. The molecule has 6 heteroatoms. The van der Waals surface area contributed by atoms with Gasteiger partial charge in [0.05, 0.1) is 17.6 Å². The summed E-state index contributed by atoms with van der Waals surface area (Å²) in [6, 6.07) is 3.77. The predicted octanol–water partition coefficient (Wildman–Crippen LogP) is 1.67. The van der Waals surface area contributed by atoms with Crippen LogP contribution in [0.5, 0.6) is 0 Å². The summed E-state index contributed by atoms with van der Waals surface area (Å²) in [5, 5.41) is 11.2. The molecule has 90 valence electrons. The first-order valence-electron chi connectivity index (χ1n) is 5.60. The first-order valence-corrected chi connectivity index (χ1v) is 5.60. The van der Waals surface area contributed by atoms with Crippen LogP contribution in [-0.4, -0.2) is 29.9 Å². The number of nitrogens with one attached hydrogen (secondary N) is 1. The third kappa shape index (κ3) is 1.67. The van der Waals surface area contributed by atoms with Crippen LogP contribution in [0, 0.1) is 13.8 Å². The van der Waals surface area contributed by atoms with E-state index in [0.29, 0.717) is 5.95 Å². The van der Waals surface area contributed by atoms with Crippen LogP contribution in [0.3, 0.4) is 0 Å². The summed E-state index contributed by atoms with van der Waals surface area (Å²) >= 11 is 0. The number of aromatic amines is 1. The molecule has 0 bridgehead atoms. The van der Waals surface area contributed by atoms with Crippen LogP contribution in [0.25, 0.3) is 17.2 Å². The van der Waals surface area contributed by atoms with Gasteiger partial charge in [0.1, 0.15) is 0 Å². The van der Waals surface area contributed by atoms with Gasteiger partial charge in [0.25, 0.3) is 5.95 Å². The van der Waals surface area contributed by atoms with Crippen molar-refractivity contribution in [3.05, 3.63) is 42.1 Å². The molecular formula is C12H12N6. The Labute approximate surface area is 104 Å². The van der Waals surface area contributed by atoms with Gasteiger partial charge in [-0.1, -0.05) is 0 Å². The number of rotatable bonds is 2. The summed E-state index contributed by atoms with van der Waals surface area (Å²) in [4.78, 5) is 8.59. The lowest BCUT2D eigenvalue weighted by Crippen LogP contribution is -2.05. The molecule has 0 aliphatic carbocycles. The van der Waals surface area contributed by atoms with Gasteiger partial charge in [-0.25, -0.2) is 14.6 Å². The van der Waals surface area contributed by atoms with E-state index < -0.39 is 0 Å². The molecule has 18 heavy (non-hydrogen) atoms. The molecule has 0 atom stereocenters. The van der Waals surface area contributed by atoms with Crippen molar-refractivity contribution in [2.75, 3.05) is 0 Å². The van der Waals surface area contributed by atoms with E-state index in [4.69, 9.17) is 0 Å². The quantitative estimate of drug-likeness (QED) is 0.739. The molecule has 0 radical (unpaired) electrons. The minimum absolute atomic E-state index is 0.582. The van der Waals surface area contributed by atoms with Crippen molar-refractivity contribution in [2.24, 2.45) is 0 Å². The Morgan fingerprint density at radius 1 is 1.17 bits per heavy atom. The zero-order valence-corrected chi connectivity index (χ0v) is 10.1. The second-order valence-corrected chi connectivity index (χ2v) is 4.02. The van der Waals surface area contributed by atoms with Gasteiger partial charge in [-0.2, -0.15) is 10.2 Å². The molecule has 0 amide bonds. The number of nitrogens with zero attached hydrogens (tertiary/aromatic N) is 5. The molecule has 0 saturated carbocycles. The van der Waals surface area contributed by atoms with Gasteiger partial charge in [-0.3, -0.25) is 5.10 Å². The third-order valence-electron chi connectivity index (χ3n) is 2.77. The van der Waals surface area contributed by atoms with E-state index in [1.807, 2.05) is 26.0 Å². The second-order valence-electron chi connectivity index (χ2n) is 4.02. The van der Waals surface area contributed by atoms with Crippen LogP contribution in [-0.2, 0) is 0 Å². The highest BCUT2D eigenvalue weighted by atomic mass is 15.3. The normalized spacial score (nSPS) is 10.8. The monoisotopic (exact) mass is 240 g/mol. The Balaban J connectivity index is 2.10. The van der Waals surface area contributed by atoms with Crippen molar-refractivity contribution in [1.82, 2.24) is 29.9 Å². The molecule has 3 rings (SSSR count). The smallest absolute Gasteiger partial charge is 0.250 e. The maximum absolute atomic E-state index is 4.36. The van der Waals surface area contributed by atoms with Crippen LogP contribution in [0.4, 0.5) is 0 Å². The highest BCUT2D eigenvalue weighted by molar-refractivity contribution is 5.60. The van der Waals surface area contributed by atoms with E-state index in [1.54, 1.807) is 23.3 Å². The average Bonchev–Trinajstić information content (AvgIpc) is 2.97. The zero-order chi connectivity index (χ0) is 12.5. The molecule has 0 unspecified atom stereocenters. The fraction of sp³-hybridized carbons (Fsp3) is 0.167. The second kappa shape index (κ2) is 4.06. The van der Waals surface area contributed by atoms with E-state index in [9.17, 15) is 0 Å². The van der Waals surface area contributed by atoms with E-state index in [2.05, 4.69) is 25.3 Å². The minimum atomic E-state index is 0.582. The van der Waals surface area contributed by atoms with Gasteiger partial charge < -0.3 is 0 Å². The van der Waals surface area contributed by atoms with Crippen LogP contribution in [0.2, 0.25) is 0 Å². The van der Waals surface area contributed by atoms with Crippen molar-refractivity contribution < 1.29 is 0 Å². The van der Waals surface area contributed by atoms with E-state index >= 15 is 0 Å². The van der Waals surface area contributed by atoms with Gasteiger partial charge in [0.15, 0.2) is 0 Å². The molecule has 0 aromatic carbocycles. The van der Waals surface area contributed by atoms with Crippen LogP contribution >= 0.6 is 0 Å². The maximum Gasteiger partial charge on any atom is 0.250 e. The minimum Gasteiger partial charge on any atom is -0.278 e. The topological polar surface area (TPSA) is 72.3 Å². The Morgan fingerprint density at radius 2 is 2.06 bits per heavy atom. The summed E-state index contributed by atoms with van der Waals surface area (Å²) in [6.45, 7) is 3.91. The Kier molecular flexibility index (Phi) is 2.40. The summed E-state index contributed by atoms with van der Waals surface area (Å²) in [5.41, 5.74) is 3.83. The van der Waals surface area contributed by atoms with Crippen molar-refractivity contribution in [3.8, 4) is 17.2 Å². The summed E-state index contributed by atoms with van der Waals surface area (Å²) < 4.78 is 1.73. The Bertz CT molecular complexity index is 668. The molecule has 3 heterocycles. The number of hydrogen-bond donors (Lipinski definition) is 1. The third-order valence-corrected chi connectivity index (χ3v) is 2.77. The number of aryl methyl sites for hydroxylation is 1. The van der Waals surface area contributed by atoms with E-state index in [-0.39, 0.29) is 0 Å². The number of H-pyrrole nitrogens is 1. The van der Waals surface area contributed by atoms with Gasteiger partial charge >= 0.3 is 0 Å². The van der Waals surface area contributed by atoms with Crippen molar-refractivity contribution in [2.45, 2.75) is 13.8 Å². The highest BCUT2D eigenvalue weighted by Crippen LogP contribution is 2.21. The summed E-state index contributed by atoms with van der Waals surface area (Å²) in [7, 11) is 0. The molecule has 1 N–H and O–H groups in total. The molecule has 3 aromatic heterocycles. The highest BCUT2D eigenvalue weighted by Gasteiger charge is 2.12. The first-order chi connectivity index (χ1) is 8.75. The van der Waals surface area contributed by atoms with Gasteiger partial charge in [-0.05, 0) is 26.0 Å². The SMILES string of the molecule is Cc1ccnc(-n2ncc(-c3ccn[nH]3)c2C)n1. The van der Waals surface area contributed by atoms with Crippen molar-refractivity contribution in [1.29, 1.82) is 0 Å². The lowest BCUT2D eigenvalue weighted by atomic mass is 10.2. The van der Waals surface area contributed by atoms with Crippen molar-refractivity contribution in [3.63, 3.8) is 0 Å². The largest absolute Gasteiger partial charge is 0.278 e. The zero-order valence-electron chi connectivity index (χ0n) is 10.1. The van der Waals surface area contributed by atoms with Crippen LogP contribution in [0.1, 0.15) is 11.4 Å². The number of hydrogen-bond acceptors (Lipinski definition) is 4. The number of aromatic nitrogens is 6. The Morgan fingerprint density at radius 3 is 2.78 bits per heavy atom. The Hall–Kier alpha value is -2.50. The molecule has 0 aliphatic heterocycles. The summed E-state index contributed by atoms with van der Waals surface area (Å²) in [6.07, 6.45) is 5.23. The molecule has 6 nitrogen and oxygen atoms in total. The summed E-state index contributed by atoms with van der Waals surface area (Å²) in [5.74, 6) is 0.582. The average molecular weight is 240 g/mol. The maximum atomic E-state index is 4.36. The molecule has 0 saturated heterocycles. The molecular weight excluding hydrogens is 228 g/mol.